The van der Waals surface area contributed by atoms with Crippen molar-refractivity contribution in [2.75, 3.05) is 7.11 Å². The van der Waals surface area contributed by atoms with Gasteiger partial charge in [0.1, 0.15) is 23.4 Å². The Morgan fingerprint density at radius 3 is 2.65 bits per heavy atom. The molecule has 0 aromatic heterocycles. The molecule has 1 aliphatic rings. The zero-order chi connectivity index (χ0) is 14.1. The molecule has 4 heteroatoms. The Bertz CT molecular complexity index is 610. The first kappa shape index (κ1) is 12.9. The van der Waals surface area contributed by atoms with E-state index in [1.54, 1.807) is 13.2 Å². The maximum absolute atomic E-state index is 13.3. The maximum Gasteiger partial charge on any atom is 0.128 e. The second-order valence-corrected chi connectivity index (χ2v) is 4.81. The summed E-state index contributed by atoms with van der Waals surface area (Å²) in [5.74, 6) is 0.799. The minimum atomic E-state index is -0.647. The molecule has 104 valence electrons. The molecule has 3 nitrogen and oxygen atoms in total. The van der Waals surface area contributed by atoms with E-state index >= 15 is 0 Å². The molecule has 20 heavy (non-hydrogen) atoms. The van der Waals surface area contributed by atoms with Crippen LogP contribution in [-0.2, 0) is 0 Å². The van der Waals surface area contributed by atoms with Crippen LogP contribution in [0.3, 0.4) is 0 Å². The first-order chi connectivity index (χ1) is 9.67. The van der Waals surface area contributed by atoms with Crippen LogP contribution in [0.15, 0.2) is 42.5 Å². The molecule has 1 aliphatic heterocycles. The van der Waals surface area contributed by atoms with Gasteiger partial charge in [-0.25, -0.2) is 4.39 Å². The highest BCUT2D eigenvalue weighted by Gasteiger charge is 2.28. The highest BCUT2D eigenvalue weighted by Crippen LogP contribution is 2.41. The van der Waals surface area contributed by atoms with Gasteiger partial charge in [0.2, 0.25) is 0 Å². The molecule has 2 atom stereocenters. The van der Waals surface area contributed by atoms with E-state index in [2.05, 4.69) is 0 Å². The van der Waals surface area contributed by atoms with E-state index in [9.17, 15) is 9.50 Å². The van der Waals surface area contributed by atoms with Gasteiger partial charge in [-0.15, -0.1) is 0 Å². The molecule has 0 radical (unpaired) electrons. The van der Waals surface area contributed by atoms with Crippen LogP contribution in [0, 0.1) is 5.82 Å². The van der Waals surface area contributed by atoms with Crippen molar-refractivity contribution >= 4 is 0 Å². The molecule has 2 aromatic rings. The highest BCUT2D eigenvalue weighted by molar-refractivity contribution is 5.39. The summed E-state index contributed by atoms with van der Waals surface area (Å²) in [5, 5.41) is 10.2. The summed E-state index contributed by atoms with van der Waals surface area (Å²) in [5.41, 5.74) is 1.57. The summed E-state index contributed by atoms with van der Waals surface area (Å²) < 4.78 is 24.2. The topological polar surface area (TPSA) is 38.7 Å². The Morgan fingerprint density at radius 1 is 1.20 bits per heavy atom. The third-order valence-corrected chi connectivity index (χ3v) is 3.53. The second-order valence-electron chi connectivity index (χ2n) is 4.81. The fraction of sp³-hybridized carbons (Fsp3) is 0.250. The number of aliphatic hydroxyl groups is 1. The molecule has 3 rings (SSSR count). The summed E-state index contributed by atoms with van der Waals surface area (Å²) in [6, 6.07) is 11.7. The first-order valence-electron chi connectivity index (χ1n) is 6.45. The number of hydrogen-bond donors (Lipinski definition) is 1. The third kappa shape index (κ3) is 2.34. The zero-order valence-corrected chi connectivity index (χ0v) is 11.0. The fourth-order valence-corrected chi connectivity index (χ4v) is 2.44. The fourth-order valence-electron chi connectivity index (χ4n) is 2.44. The molecule has 1 heterocycles. The summed E-state index contributed by atoms with van der Waals surface area (Å²) in [7, 11) is 1.61. The Kier molecular flexibility index (Phi) is 3.32. The van der Waals surface area contributed by atoms with Crippen LogP contribution in [0.1, 0.15) is 29.8 Å². The number of aliphatic hydroxyl groups excluding tert-OH is 1. The number of benzene rings is 2. The van der Waals surface area contributed by atoms with Gasteiger partial charge in [-0.2, -0.15) is 0 Å². The molecule has 2 aromatic carbocycles. The number of methoxy groups -OCH3 is 1. The van der Waals surface area contributed by atoms with Gasteiger partial charge in [0.15, 0.2) is 0 Å². The smallest absolute Gasteiger partial charge is 0.128 e. The Morgan fingerprint density at radius 2 is 1.95 bits per heavy atom. The van der Waals surface area contributed by atoms with Gasteiger partial charge in [0, 0.05) is 18.1 Å². The van der Waals surface area contributed by atoms with E-state index in [-0.39, 0.29) is 11.9 Å². The van der Waals surface area contributed by atoms with Gasteiger partial charge in [-0.05, 0) is 29.8 Å². The van der Waals surface area contributed by atoms with E-state index in [1.807, 2.05) is 24.3 Å². The van der Waals surface area contributed by atoms with Crippen LogP contribution in [-0.4, -0.2) is 12.2 Å². The van der Waals surface area contributed by atoms with Crippen LogP contribution in [0.25, 0.3) is 0 Å². The Labute approximate surface area is 116 Å². The van der Waals surface area contributed by atoms with Gasteiger partial charge in [0.25, 0.3) is 0 Å². The average molecular weight is 274 g/mol. The van der Waals surface area contributed by atoms with Crippen molar-refractivity contribution < 1.29 is 19.0 Å². The predicted molar refractivity (Wildman–Crippen MR) is 72.3 cm³/mol. The predicted octanol–water partition coefficient (Wildman–Crippen LogP) is 3.39. The van der Waals surface area contributed by atoms with Crippen LogP contribution in [0.4, 0.5) is 4.39 Å². The molecule has 0 bridgehead atoms. The van der Waals surface area contributed by atoms with Gasteiger partial charge >= 0.3 is 0 Å². The van der Waals surface area contributed by atoms with Crippen molar-refractivity contribution in [2.45, 2.75) is 18.6 Å². The van der Waals surface area contributed by atoms with Crippen LogP contribution >= 0.6 is 0 Å². The largest absolute Gasteiger partial charge is 0.497 e. The first-order valence-corrected chi connectivity index (χ1v) is 6.45. The molecular formula is C16H15FO3. The number of hydrogen-bond acceptors (Lipinski definition) is 3. The van der Waals surface area contributed by atoms with Crippen molar-refractivity contribution in [1.29, 1.82) is 0 Å². The molecule has 0 amide bonds. The SMILES string of the molecule is COc1ccc(C2CC(O)c3ccc(F)cc3O2)cc1. The normalized spacial score (nSPS) is 20.9. The molecule has 1 N–H and O–H groups in total. The number of fused-ring (bicyclic) bond motifs is 1. The van der Waals surface area contributed by atoms with Crippen molar-refractivity contribution in [1.82, 2.24) is 0 Å². The molecule has 0 aliphatic carbocycles. The summed E-state index contributed by atoms with van der Waals surface area (Å²) >= 11 is 0. The Hall–Kier alpha value is -2.07. The van der Waals surface area contributed by atoms with E-state index < -0.39 is 6.10 Å². The average Bonchev–Trinajstić information content (AvgIpc) is 2.46. The van der Waals surface area contributed by atoms with Gasteiger partial charge in [0.05, 0.1) is 13.2 Å². The lowest BCUT2D eigenvalue weighted by atomic mass is 9.95. The standard InChI is InChI=1S/C16H15FO3/c1-19-12-5-2-10(3-6-12)15-9-14(18)13-7-4-11(17)8-16(13)20-15/h2-8,14-15,18H,9H2,1H3. The zero-order valence-electron chi connectivity index (χ0n) is 11.0. The minimum absolute atomic E-state index is 0.287. The van der Waals surface area contributed by atoms with Crippen molar-refractivity contribution in [2.24, 2.45) is 0 Å². The highest BCUT2D eigenvalue weighted by atomic mass is 19.1. The maximum atomic E-state index is 13.3. The molecule has 0 spiro atoms. The van der Waals surface area contributed by atoms with Gasteiger partial charge in [-0.1, -0.05) is 12.1 Å². The van der Waals surface area contributed by atoms with Crippen LogP contribution in [0.5, 0.6) is 11.5 Å². The van der Waals surface area contributed by atoms with Gasteiger partial charge in [-0.3, -0.25) is 0 Å². The molecular weight excluding hydrogens is 259 g/mol. The molecule has 0 fully saturated rings. The minimum Gasteiger partial charge on any atom is -0.497 e. The van der Waals surface area contributed by atoms with Crippen molar-refractivity contribution in [3.63, 3.8) is 0 Å². The van der Waals surface area contributed by atoms with E-state index in [1.165, 1.54) is 12.1 Å². The van der Waals surface area contributed by atoms with E-state index in [0.29, 0.717) is 17.7 Å². The number of ether oxygens (including phenoxy) is 2. The number of rotatable bonds is 2. The summed E-state index contributed by atoms with van der Waals surface area (Å²) in [6.45, 7) is 0. The van der Waals surface area contributed by atoms with E-state index in [0.717, 1.165) is 11.3 Å². The quantitative estimate of drug-likeness (QED) is 0.912. The van der Waals surface area contributed by atoms with E-state index in [4.69, 9.17) is 9.47 Å². The number of halogens is 1. The lowest BCUT2D eigenvalue weighted by molar-refractivity contribution is 0.0653. The molecule has 0 saturated carbocycles. The molecule has 0 saturated heterocycles. The van der Waals surface area contributed by atoms with Crippen molar-refractivity contribution in [3.05, 3.63) is 59.4 Å². The van der Waals surface area contributed by atoms with Gasteiger partial charge < -0.3 is 14.6 Å². The second kappa shape index (κ2) is 5.13. The summed E-state index contributed by atoms with van der Waals surface area (Å²) in [4.78, 5) is 0. The Balaban J connectivity index is 1.89. The molecule has 2 unspecified atom stereocenters. The van der Waals surface area contributed by atoms with Crippen molar-refractivity contribution in [3.8, 4) is 11.5 Å². The summed E-state index contributed by atoms with van der Waals surface area (Å²) in [6.07, 6.45) is -0.484. The lowest BCUT2D eigenvalue weighted by Gasteiger charge is -2.30. The third-order valence-electron chi connectivity index (χ3n) is 3.53. The monoisotopic (exact) mass is 274 g/mol. The lowest BCUT2D eigenvalue weighted by Crippen LogP contribution is -2.19. The van der Waals surface area contributed by atoms with Crippen LogP contribution < -0.4 is 9.47 Å². The van der Waals surface area contributed by atoms with Crippen LogP contribution in [0.2, 0.25) is 0 Å².